The maximum Gasteiger partial charge on any atom is 0.339 e. The Morgan fingerprint density at radius 3 is 3.06 bits per heavy atom. The zero-order chi connectivity index (χ0) is 12.0. The summed E-state index contributed by atoms with van der Waals surface area (Å²) in [6.45, 7) is 2.90. The van der Waals surface area contributed by atoms with Crippen molar-refractivity contribution < 1.29 is 14.6 Å². The van der Waals surface area contributed by atoms with Crippen molar-refractivity contribution in [2.45, 2.75) is 19.5 Å². The molecule has 0 aliphatic rings. The summed E-state index contributed by atoms with van der Waals surface area (Å²) in [7, 11) is 1.62. The Labute approximate surface area is 93.7 Å². The van der Waals surface area contributed by atoms with Gasteiger partial charge in [-0.15, -0.1) is 0 Å². The third-order valence-electron chi connectivity index (χ3n) is 2.06. The Hall–Kier alpha value is -1.53. The molecule has 1 aromatic rings. The molecular weight excluding hydrogens is 210 g/mol. The van der Waals surface area contributed by atoms with Crippen molar-refractivity contribution >= 4 is 5.97 Å². The highest BCUT2D eigenvalue weighted by Crippen LogP contribution is 2.03. The lowest BCUT2D eigenvalue weighted by molar-refractivity contribution is 0.0694. The van der Waals surface area contributed by atoms with Crippen molar-refractivity contribution in [3.63, 3.8) is 0 Å². The SMILES string of the molecule is COCC(C)NCc1ncncc1C(=O)O. The molecule has 1 unspecified atom stereocenters. The number of hydrogen-bond acceptors (Lipinski definition) is 5. The zero-order valence-electron chi connectivity index (χ0n) is 9.30. The minimum Gasteiger partial charge on any atom is -0.478 e. The van der Waals surface area contributed by atoms with Gasteiger partial charge in [-0.05, 0) is 6.92 Å². The van der Waals surface area contributed by atoms with Crippen molar-refractivity contribution in [3.8, 4) is 0 Å². The predicted molar refractivity (Wildman–Crippen MR) is 57.2 cm³/mol. The molecule has 6 nitrogen and oxygen atoms in total. The summed E-state index contributed by atoms with van der Waals surface area (Å²) in [5.41, 5.74) is 0.602. The predicted octanol–water partition coefficient (Wildman–Crippen LogP) is 0.299. The zero-order valence-corrected chi connectivity index (χ0v) is 9.30. The van der Waals surface area contributed by atoms with Crippen molar-refractivity contribution in [1.82, 2.24) is 15.3 Å². The van der Waals surface area contributed by atoms with E-state index in [0.717, 1.165) is 0 Å². The fourth-order valence-corrected chi connectivity index (χ4v) is 1.25. The lowest BCUT2D eigenvalue weighted by atomic mass is 10.2. The molecule has 1 heterocycles. The lowest BCUT2D eigenvalue weighted by Gasteiger charge is -2.12. The normalized spacial score (nSPS) is 12.4. The van der Waals surface area contributed by atoms with E-state index >= 15 is 0 Å². The standard InChI is InChI=1S/C10H15N3O3/c1-7(5-16-2)12-4-9-8(10(14)15)3-11-6-13-9/h3,6-7,12H,4-5H2,1-2H3,(H,14,15). The molecular formula is C10H15N3O3. The number of nitrogens with zero attached hydrogens (tertiary/aromatic N) is 2. The van der Waals surface area contributed by atoms with Crippen LogP contribution in [-0.4, -0.2) is 40.8 Å². The van der Waals surface area contributed by atoms with Gasteiger partial charge in [0, 0.05) is 25.9 Å². The first-order valence-electron chi connectivity index (χ1n) is 4.89. The van der Waals surface area contributed by atoms with Crippen LogP contribution in [0, 0.1) is 0 Å². The summed E-state index contributed by atoms with van der Waals surface area (Å²) >= 11 is 0. The van der Waals surface area contributed by atoms with Crippen LogP contribution < -0.4 is 5.32 Å². The second-order valence-electron chi connectivity index (χ2n) is 3.43. The third-order valence-corrected chi connectivity index (χ3v) is 2.06. The van der Waals surface area contributed by atoms with Gasteiger partial charge in [-0.2, -0.15) is 0 Å². The van der Waals surface area contributed by atoms with Gasteiger partial charge < -0.3 is 15.2 Å². The molecule has 1 rings (SSSR count). The van der Waals surface area contributed by atoms with Gasteiger partial charge in [0.1, 0.15) is 11.9 Å². The maximum atomic E-state index is 10.9. The van der Waals surface area contributed by atoms with Crippen LogP contribution in [0.25, 0.3) is 0 Å². The van der Waals surface area contributed by atoms with Crippen LogP contribution in [0.1, 0.15) is 23.0 Å². The Kier molecular flexibility index (Phi) is 4.81. The fourth-order valence-electron chi connectivity index (χ4n) is 1.25. The van der Waals surface area contributed by atoms with Crippen molar-refractivity contribution in [2.75, 3.05) is 13.7 Å². The number of hydrogen-bond donors (Lipinski definition) is 2. The second-order valence-corrected chi connectivity index (χ2v) is 3.43. The number of rotatable bonds is 6. The van der Waals surface area contributed by atoms with Crippen LogP contribution in [0.15, 0.2) is 12.5 Å². The summed E-state index contributed by atoms with van der Waals surface area (Å²) in [6.07, 6.45) is 2.64. The minimum absolute atomic E-state index is 0.125. The largest absolute Gasteiger partial charge is 0.478 e. The van der Waals surface area contributed by atoms with Crippen molar-refractivity contribution in [1.29, 1.82) is 0 Å². The van der Waals surface area contributed by atoms with E-state index in [2.05, 4.69) is 15.3 Å². The quantitative estimate of drug-likeness (QED) is 0.724. The molecule has 6 heteroatoms. The topological polar surface area (TPSA) is 84.3 Å². The van der Waals surface area contributed by atoms with E-state index in [4.69, 9.17) is 9.84 Å². The first kappa shape index (κ1) is 12.5. The summed E-state index contributed by atoms with van der Waals surface area (Å²) in [5.74, 6) is -1.02. The highest BCUT2D eigenvalue weighted by molar-refractivity contribution is 5.88. The van der Waals surface area contributed by atoms with Gasteiger partial charge in [-0.1, -0.05) is 0 Å². The van der Waals surface area contributed by atoms with Gasteiger partial charge >= 0.3 is 5.97 Å². The van der Waals surface area contributed by atoms with E-state index in [9.17, 15) is 4.79 Å². The second kappa shape index (κ2) is 6.14. The lowest BCUT2D eigenvalue weighted by Crippen LogP contribution is -2.30. The molecule has 0 spiro atoms. The van der Waals surface area contributed by atoms with Gasteiger partial charge in [0.15, 0.2) is 0 Å². The molecule has 0 bridgehead atoms. The van der Waals surface area contributed by atoms with Crippen LogP contribution in [0.2, 0.25) is 0 Å². The molecule has 0 aromatic carbocycles. The van der Waals surface area contributed by atoms with Crippen LogP contribution in [-0.2, 0) is 11.3 Å². The van der Waals surface area contributed by atoms with Gasteiger partial charge in [0.2, 0.25) is 0 Å². The fraction of sp³-hybridized carbons (Fsp3) is 0.500. The Balaban J connectivity index is 2.63. The number of aromatic carboxylic acids is 1. The summed E-state index contributed by atoms with van der Waals surface area (Å²) < 4.78 is 4.96. The van der Waals surface area contributed by atoms with E-state index < -0.39 is 5.97 Å². The summed E-state index contributed by atoms with van der Waals surface area (Å²) in [4.78, 5) is 18.5. The Bertz CT molecular complexity index is 357. The molecule has 0 saturated heterocycles. The number of carboxylic acids is 1. The average molecular weight is 225 g/mol. The first-order valence-corrected chi connectivity index (χ1v) is 4.89. The van der Waals surface area contributed by atoms with Crippen molar-refractivity contribution in [2.24, 2.45) is 0 Å². The molecule has 0 saturated carbocycles. The molecule has 16 heavy (non-hydrogen) atoms. The maximum absolute atomic E-state index is 10.9. The number of carboxylic acid groups (broad SMARTS) is 1. The molecule has 0 amide bonds. The molecule has 1 aromatic heterocycles. The van der Waals surface area contributed by atoms with Crippen LogP contribution >= 0.6 is 0 Å². The van der Waals surface area contributed by atoms with E-state index in [1.165, 1.54) is 12.5 Å². The number of ether oxygens (including phenoxy) is 1. The van der Waals surface area contributed by atoms with Gasteiger partial charge in [0.25, 0.3) is 0 Å². The average Bonchev–Trinajstić information content (AvgIpc) is 2.27. The smallest absolute Gasteiger partial charge is 0.339 e. The van der Waals surface area contributed by atoms with Gasteiger partial charge in [-0.3, -0.25) is 0 Å². The highest BCUT2D eigenvalue weighted by Gasteiger charge is 2.11. The third kappa shape index (κ3) is 3.56. The Morgan fingerprint density at radius 1 is 1.69 bits per heavy atom. The number of carbonyl (C=O) groups is 1. The summed E-state index contributed by atoms with van der Waals surface area (Å²) in [5, 5.41) is 12.0. The van der Waals surface area contributed by atoms with E-state index in [1.807, 2.05) is 6.92 Å². The number of aromatic nitrogens is 2. The molecule has 1 atom stereocenters. The van der Waals surface area contributed by atoms with E-state index in [-0.39, 0.29) is 11.6 Å². The number of nitrogens with one attached hydrogen (secondary N) is 1. The van der Waals surface area contributed by atoms with E-state index in [1.54, 1.807) is 7.11 Å². The molecule has 2 N–H and O–H groups in total. The van der Waals surface area contributed by atoms with Crippen LogP contribution in [0.3, 0.4) is 0 Å². The molecule has 0 fully saturated rings. The highest BCUT2D eigenvalue weighted by atomic mass is 16.5. The monoisotopic (exact) mass is 225 g/mol. The van der Waals surface area contributed by atoms with Gasteiger partial charge in [-0.25, -0.2) is 14.8 Å². The Morgan fingerprint density at radius 2 is 2.44 bits per heavy atom. The molecule has 0 radical (unpaired) electrons. The first-order chi connectivity index (χ1) is 7.65. The number of methoxy groups -OCH3 is 1. The molecule has 0 aliphatic carbocycles. The van der Waals surface area contributed by atoms with Gasteiger partial charge in [0.05, 0.1) is 12.3 Å². The molecule has 0 aliphatic heterocycles. The van der Waals surface area contributed by atoms with Crippen LogP contribution in [0.5, 0.6) is 0 Å². The molecule has 88 valence electrons. The summed E-state index contributed by atoms with van der Waals surface area (Å²) in [6, 6.07) is 0.140. The minimum atomic E-state index is -1.02. The van der Waals surface area contributed by atoms with Crippen molar-refractivity contribution in [3.05, 3.63) is 23.8 Å². The van der Waals surface area contributed by atoms with Crippen LogP contribution in [0.4, 0.5) is 0 Å². The van der Waals surface area contributed by atoms with E-state index in [0.29, 0.717) is 18.8 Å².